The van der Waals surface area contributed by atoms with E-state index in [1.807, 2.05) is 68.5 Å². The quantitative estimate of drug-likeness (QED) is 0.694. The van der Waals surface area contributed by atoms with Crippen molar-refractivity contribution in [3.05, 3.63) is 66.0 Å². The van der Waals surface area contributed by atoms with Crippen molar-refractivity contribution >= 4 is 0 Å². The Morgan fingerprint density at radius 2 is 2.00 bits per heavy atom. The molecule has 1 aromatic carbocycles. The summed E-state index contributed by atoms with van der Waals surface area (Å²) in [5.41, 5.74) is 6.77. The molecule has 1 unspecified atom stereocenters. The average Bonchev–Trinajstić information content (AvgIpc) is 2.41. The van der Waals surface area contributed by atoms with Gasteiger partial charge in [-0.3, -0.25) is 0 Å². The number of allylic oxidation sites excluding steroid dienone is 3. The van der Waals surface area contributed by atoms with Gasteiger partial charge in [-0.15, -0.1) is 0 Å². The molecule has 2 rings (SSSR count). The molecule has 1 aliphatic rings. The van der Waals surface area contributed by atoms with E-state index in [0.29, 0.717) is 0 Å². The summed E-state index contributed by atoms with van der Waals surface area (Å²) in [7, 11) is 0. The van der Waals surface area contributed by atoms with Crippen LogP contribution in [0.25, 0.3) is 0 Å². The van der Waals surface area contributed by atoms with E-state index in [4.69, 9.17) is 10.5 Å². The third kappa shape index (κ3) is 3.35. The van der Waals surface area contributed by atoms with Crippen LogP contribution in [0.15, 0.2) is 60.4 Å². The van der Waals surface area contributed by atoms with Crippen LogP contribution >= 0.6 is 0 Å². The Balaban J connectivity index is 0.00000162. The van der Waals surface area contributed by atoms with Crippen LogP contribution in [0, 0.1) is 6.92 Å². The van der Waals surface area contributed by atoms with Crippen LogP contribution < -0.4 is 10.5 Å². The zero-order chi connectivity index (χ0) is 12.3. The molecule has 1 aromatic rings. The predicted molar refractivity (Wildman–Crippen MR) is 70.8 cm³/mol. The van der Waals surface area contributed by atoms with Gasteiger partial charge >= 0.3 is 0 Å². The number of ether oxygens (including phenoxy) is 1. The fraction of sp³-hybridized carbons (Fsp3) is 0.200. The van der Waals surface area contributed by atoms with E-state index in [1.165, 1.54) is 5.56 Å². The molecule has 1 atom stereocenters. The molecule has 3 heteroatoms. The zero-order valence-electron chi connectivity index (χ0n) is 10.4. The van der Waals surface area contributed by atoms with Crippen LogP contribution in [0.4, 0.5) is 0 Å². The molecule has 0 heterocycles. The molecule has 0 saturated heterocycles. The van der Waals surface area contributed by atoms with Gasteiger partial charge in [0.2, 0.25) is 0 Å². The minimum Gasteiger partial charge on any atom is -0.457 e. The molecule has 0 aromatic heterocycles. The second-order valence-corrected chi connectivity index (χ2v) is 4.55. The van der Waals surface area contributed by atoms with E-state index in [2.05, 4.69) is 0 Å². The van der Waals surface area contributed by atoms with Crippen molar-refractivity contribution in [2.75, 3.05) is 0 Å². The number of hydrogen-bond donors (Lipinski definition) is 1. The first-order chi connectivity index (χ1) is 8.05. The minimum absolute atomic E-state index is 0. The van der Waals surface area contributed by atoms with Crippen molar-refractivity contribution in [1.29, 1.82) is 0 Å². The smallest absolute Gasteiger partial charge is 0.127 e. The maximum Gasteiger partial charge on any atom is 0.127 e. The predicted octanol–water partition coefficient (Wildman–Crippen LogP) is 3.10. The molecular weight excluding hydrogens is 472 g/mol. The minimum atomic E-state index is -0.409. The van der Waals surface area contributed by atoms with Gasteiger partial charge in [-0.05, 0) is 43.7 Å². The second-order valence-electron chi connectivity index (χ2n) is 4.55. The van der Waals surface area contributed by atoms with Gasteiger partial charge in [0.05, 0.1) is 5.54 Å². The van der Waals surface area contributed by atoms with Gasteiger partial charge in [0, 0.05) is 0 Å². The molecule has 1 radical (unpaired) electrons. The Kier molecular flexibility index (Phi) is 3.70. The summed E-state index contributed by atoms with van der Waals surface area (Å²) in [5.74, 6) is 1.64. The third-order valence-corrected chi connectivity index (χ3v) is 2.55. The number of benzene rings is 1. The normalized spacial score (nSPS) is 21.8. The average molecular weight is 489 g/mol. The monoisotopic (exact) mass is 489 g/mol. The molecule has 2 nitrogen and oxygen atoms in total. The van der Waals surface area contributed by atoms with Gasteiger partial charge in [-0.25, -0.2) is 0 Å². The third-order valence-electron chi connectivity index (χ3n) is 2.55. The maximum absolute atomic E-state index is 6.00. The van der Waals surface area contributed by atoms with Crippen LogP contribution in [-0.2, 0) is 0 Å². The Hall–Kier alpha value is -2.80. The van der Waals surface area contributed by atoms with E-state index < -0.39 is 5.54 Å². The van der Waals surface area contributed by atoms with Crippen LogP contribution in [0.2, 0.25) is 0 Å². The van der Waals surface area contributed by atoms with Gasteiger partial charge in [0.15, 0.2) is 0 Å². The van der Waals surface area contributed by atoms with Gasteiger partial charge in [0.1, 0.15) is 11.5 Å². The fourth-order valence-corrected chi connectivity index (χ4v) is 1.61. The van der Waals surface area contributed by atoms with Crippen molar-refractivity contribution in [2.24, 2.45) is 5.73 Å². The Morgan fingerprint density at radius 3 is 2.72 bits per heavy atom. The Labute approximate surface area is 102 Å². The first kappa shape index (κ1) is 13.3. The summed E-state index contributed by atoms with van der Waals surface area (Å²) < 4.78 is 5.78. The molecule has 0 spiro atoms. The molecule has 1 aliphatic carbocycles. The van der Waals surface area contributed by atoms with E-state index in [1.54, 1.807) is 0 Å². The summed E-state index contributed by atoms with van der Waals surface area (Å²) in [5, 5.41) is 0. The number of nitrogens with two attached hydrogens (primary N) is 1. The molecule has 0 amide bonds. The summed E-state index contributed by atoms with van der Waals surface area (Å²) in [6.45, 7) is 3.99. The molecule has 0 aliphatic heterocycles. The van der Waals surface area contributed by atoms with Crippen molar-refractivity contribution in [3.8, 4) is 5.75 Å². The van der Waals surface area contributed by atoms with Gasteiger partial charge in [-0.1, -0.05) is 30.4 Å². The number of hydrogen-bond acceptors (Lipinski definition) is 2. The van der Waals surface area contributed by atoms with E-state index in [9.17, 15) is 0 Å². The zero-order valence-corrected chi connectivity index (χ0v) is 12.6. The molecule has 0 fully saturated rings. The summed E-state index contributed by atoms with van der Waals surface area (Å²) in [6, 6.07) is 7.97. The van der Waals surface area contributed by atoms with Crippen molar-refractivity contribution in [1.82, 2.24) is 0 Å². The summed E-state index contributed by atoms with van der Waals surface area (Å²) in [6.07, 6.45) is 9.61. The van der Waals surface area contributed by atoms with E-state index >= 15 is 0 Å². The van der Waals surface area contributed by atoms with Crippen molar-refractivity contribution < 1.29 is 4.74 Å². The van der Waals surface area contributed by atoms with E-state index in [-0.39, 0.29) is 0 Å². The first-order valence-corrected chi connectivity index (χ1v) is 5.67. The SMILES string of the molecule is Cc1cccc(OC2=CC=CC(C)(N)C=C2)c1.[Lr]. The van der Waals surface area contributed by atoms with Crippen LogP contribution in [-0.4, -0.2) is 5.54 Å². The molecular formula is C15H17LrNO. The van der Waals surface area contributed by atoms with E-state index in [0.717, 1.165) is 11.5 Å². The molecule has 0 bridgehead atoms. The standard InChI is InChI=1S/C15H17NO.Lr/c1-12-5-3-6-14(11-12)17-13-7-4-9-15(2,16)10-8-13;/h3-11H,16H2,1-2H3;. The number of aryl methyl sites for hydroxylation is 1. The van der Waals surface area contributed by atoms with Crippen LogP contribution in [0.5, 0.6) is 5.75 Å². The van der Waals surface area contributed by atoms with Gasteiger partial charge in [-0.2, -0.15) is 0 Å². The second kappa shape index (κ2) is 5.02. The Morgan fingerprint density at radius 1 is 1.22 bits per heavy atom. The molecule has 0 saturated carbocycles. The molecule has 18 heavy (non-hydrogen) atoms. The maximum atomic E-state index is 6.00. The number of rotatable bonds is 2. The van der Waals surface area contributed by atoms with Crippen LogP contribution in [0.3, 0.4) is 0 Å². The van der Waals surface area contributed by atoms with Gasteiger partial charge < -0.3 is 10.5 Å². The van der Waals surface area contributed by atoms with Crippen molar-refractivity contribution in [3.63, 3.8) is 0 Å². The van der Waals surface area contributed by atoms with Crippen molar-refractivity contribution in [2.45, 2.75) is 19.4 Å². The topological polar surface area (TPSA) is 35.2 Å². The van der Waals surface area contributed by atoms with Crippen LogP contribution in [0.1, 0.15) is 12.5 Å². The molecule has 103 valence electrons. The summed E-state index contributed by atoms with van der Waals surface area (Å²) >= 11 is 0. The largest absolute Gasteiger partial charge is 0.457 e. The fourth-order valence-electron chi connectivity index (χ4n) is 1.61. The Bertz CT molecular complexity index is 501. The van der Waals surface area contributed by atoms with Gasteiger partial charge in [0.25, 0.3) is 0 Å². The summed E-state index contributed by atoms with van der Waals surface area (Å²) in [4.78, 5) is 0. The molecule has 2 N–H and O–H groups in total. The first-order valence-electron chi connectivity index (χ1n) is 5.67.